The second-order valence-electron chi connectivity index (χ2n) is 4.03. The molecule has 0 atom stereocenters. The number of hydrogen-bond acceptors (Lipinski definition) is 5. The van der Waals surface area contributed by atoms with Gasteiger partial charge in [-0.2, -0.15) is 0 Å². The molecular formula is C16H16O5Si. The van der Waals surface area contributed by atoms with Crippen LogP contribution in [0.4, 0.5) is 0 Å². The SMILES string of the molecule is C#CO[Si](CCc1ccc(OC)c(OC)c1)(OC#C)OC#C. The Bertz CT molecular complexity index is 580. The van der Waals surface area contributed by atoms with E-state index < -0.39 is 8.80 Å². The summed E-state index contributed by atoms with van der Waals surface area (Å²) in [6, 6.07) is 5.83. The first-order chi connectivity index (χ1) is 10.6. The molecule has 22 heavy (non-hydrogen) atoms. The standard InChI is InChI=1S/C16H16O5Si/c1-6-19-22(20-7-2,21-8-3)12-11-14-9-10-15(17-4)16(13-14)18-5/h1-3,9-10,13H,11-12H2,4-5H3. The molecule has 0 aromatic heterocycles. The van der Waals surface area contributed by atoms with Gasteiger partial charge in [-0.1, -0.05) is 25.3 Å². The molecule has 0 heterocycles. The number of benzene rings is 1. The van der Waals surface area contributed by atoms with Gasteiger partial charge in [0.1, 0.15) is 0 Å². The molecule has 0 saturated heterocycles. The Hall–Kier alpha value is -2.88. The molecule has 0 N–H and O–H groups in total. The minimum Gasteiger partial charge on any atom is -0.493 e. The number of aryl methyl sites for hydroxylation is 1. The Balaban J connectivity index is 2.91. The van der Waals surface area contributed by atoms with E-state index >= 15 is 0 Å². The number of hydrogen-bond donors (Lipinski definition) is 0. The topological polar surface area (TPSA) is 46.2 Å². The van der Waals surface area contributed by atoms with Crippen molar-refractivity contribution in [1.82, 2.24) is 0 Å². The second-order valence-corrected chi connectivity index (χ2v) is 6.51. The van der Waals surface area contributed by atoms with Gasteiger partial charge in [0.05, 0.1) is 38.6 Å². The lowest BCUT2D eigenvalue weighted by atomic mass is 10.1. The summed E-state index contributed by atoms with van der Waals surface area (Å²) < 4.78 is 25.8. The maximum absolute atomic E-state index is 5.25. The summed E-state index contributed by atoms with van der Waals surface area (Å²) in [5.41, 5.74) is 0.941. The van der Waals surface area contributed by atoms with E-state index in [0.29, 0.717) is 24.0 Å². The highest BCUT2D eigenvalue weighted by molar-refractivity contribution is 6.61. The van der Waals surface area contributed by atoms with Crippen LogP contribution in [-0.2, 0) is 19.7 Å². The number of ether oxygens (including phenoxy) is 2. The molecule has 0 fully saturated rings. The molecule has 114 valence electrons. The molecule has 0 saturated carbocycles. The molecule has 1 aromatic carbocycles. The summed E-state index contributed by atoms with van der Waals surface area (Å²) in [5.74, 6) is 1.25. The average molecular weight is 316 g/mol. The fourth-order valence-corrected chi connectivity index (χ4v) is 3.38. The molecule has 0 bridgehead atoms. The van der Waals surface area contributed by atoms with Crippen LogP contribution >= 0.6 is 0 Å². The number of methoxy groups -OCH3 is 2. The molecule has 5 nitrogen and oxygen atoms in total. The average Bonchev–Trinajstić information content (AvgIpc) is 2.53. The first-order valence-electron chi connectivity index (χ1n) is 6.26. The van der Waals surface area contributed by atoms with Crippen molar-refractivity contribution < 1.29 is 22.8 Å². The van der Waals surface area contributed by atoms with E-state index in [1.54, 1.807) is 20.3 Å². The monoisotopic (exact) mass is 316 g/mol. The van der Waals surface area contributed by atoms with E-state index in [-0.39, 0.29) is 0 Å². The third kappa shape index (κ3) is 4.31. The molecule has 0 aliphatic heterocycles. The van der Waals surface area contributed by atoms with E-state index in [4.69, 9.17) is 42.0 Å². The second kappa shape index (κ2) is 8.41. The quantitative estimate of drug-likeness (QED) is 0.542. The summed E-state index contributed by atoms with van der Waals surface area (Å²) in [7, 11) is -0.180. The Morgan fingerprint density at radius 2 is 1.45 bits per heavy atom. The fourth-order valence-electron chi connectivity index (χ4n) is 1.82. The summed E-state index contributed by atoms with van der Waals surface area (Å²) in [6.45, 7) is 0. The zero-order valence-corrected chi connectivity index (χ0v) is 13.4. The Labute approximate surface area is 131 Å². The van der Waals surface area contributed by atoms with Crippen molar-refractivity contribution in [2.24, 2.45) is 0 Å². The van der Waals surface area contributed by atoms with Crippen molar-refractivity contribution in [2.45, 2.75) is 12.5 Å². The van der Waals surface area contributed by atoms with Crippen molar-refractivity contribution in [1.29, 1.82) is 0 Å². The van der Waals surface area contributed by atoms with E-state index in [0.717, 1.165) is 5.56 Å². The number of rotatable bonds is 8. The van der Waals surface area contributed by atoms with Gasteiger partial charge in [-0.05, 0) is 24.1 Å². The number of terminal acetylenes is 3. The molecule has 1 aromatic rings. The summed E-state index contributed by atoms with van der Waals surface area (Å²) in [6.07, 6.45) is 22.1. The van der Waals surface area contributed by atoms with Crippen LogP contribution < -0.4 is 9.47 Å². The van der Waals surface area contributed by atoms with Crippen molar-refractivity contribution in [3.05, 3.63) is 23.8 Å². The minimum absolute atomic E-state index is 0.321. The lowest BCUT2D eigenvalue weighted by Gasteiger charge is -2.21. The van der Waals surface area contributed by atoms with Crippen molar-refractivity contribution >= 4 is 8.80 Å². The molecule has 0 amide bonds. The van der Waals surface area contributed by atoms with E-state index in [9.17, 15) is 0 Å². The van der Waals surface area contributed by atoms with Crippen LogP contribution in [0.2, 0.25) is 6.04 Å². The van der Waals surface area contributed by atoms with Gasteiger partial charge in [0, 0.05) is 0 Å². The van der Waals surface area contributed by atoms with E-state index in [2.05, 4.69) is 0 Å². The summed E-state index contributed by atoms with van der Waals surface area (Å²) in [5, 5.41) is 0. The highest BCUT2D eigenvalue weighted by Crippen LogP contribution is 2.29. The molecule has 1 rings (SSSR count). The Morgan fingerprint density at radius 1 is 0.909 bits per heavy atom. The van der Waals surface area contributed by atoms with Crippen molar-refractivity contribution in [2.75, 3.05) is 14.2 Å². The predicted molar refractivity (Wildman–Crippen MR) is 83.6 cm³/mol. The summed E-state index contributed by atoms with van der Waals surface area (Å²) in [4.78, 5) is 0. The lowest BCUT2D eigenvalue weighted by Crippen LogP contribution is -2.42. The van der Waals surface area contributed by atoms with Gasteiger partial charge in [0.15, 0.2) is 11.5 Å². The Kier molecular flexibility index (Phi) is 6.57. The third-order valence-electron chi connectivity index (χ3n) is 2.81. The van der Waals surface area contributed by atoms with Crippen LogP contribution in [0.15, 0.2) is 18.2 Å². The first-order valence-corrected chi connectivity index (χ1v) is 8.19. The van der Waals surface area contributed by atoms with Gasteiger partial charge >= 0.3 is 8.80 Å². The third-order valence-corrected chi connectivity index (χ3v) is 4.96. The first kappa shape index (κ1) is 17.2. The van der Waals surface area contributed by atoms with Crippen LogP contribution in [0.1, 0.15) is 5.56 Å². The highest BCUT2D eigenvalue weighted by atomic mass is 28.4. The van der Waals surface area contributed by atoms with Gasteiger partial charge in [0.25, 0.3) is 0 Å². The van der Waals surface area contributed by atoms with Crippen LogP contribution in [0.5, 0.6) is 11.5 Å². The van der Waals surface area contributed by atoms with Crippen LogP contribution in [0.3, 0.4) is 0 Å². The molecule has 0 aliphatic carbocycles. The van der Waals surface area contributed by atoms with E-state index in [1.807, 2.05) is 30.5 Å². The normalized spacial score (nSPS) is 9.59. The van der Waals surface area contributed by atoms with Gasteiger partial charge in [-0.3, -0.25) is 0 Å². The molecule has 0 aliphatic rings. The maximum Gasteiger partial charge on any atom is 0.725 e. The lowest BCUT2D eigenvalue weighted by molar-refractivity contribution is 0.212. The van der Waals surface area contributed by atoms with Crippen molar-refractivity contribution in [3.63, 3.8) is 0 Å². The maximum atomic E-state index is 5.25. The van der Waals surface area contributed by atoms with Gasteiger partial charge in [-0.15, -0.1) is 0 Å². The zero-order chi connectivity index (χ0) is 16.4. The summed E-state index contributed by atoms with van der Waals surface area (Å²) >= 11 is 0. The van der Waals surface area contributed by atoms with Crippen LogP contribution in [0, 0.1) is 37.6 Å². The van der Waals surface area contributed by atoms with E-state index in [1.165, 1.54) is 0 Å². The molecule has 6 heteroatoms. The van der Waals surface area contributed by atoms with Gasteiger partial charge < -0.3 is 22.8 Å². The van der Waals surface area contributed by atoms with Gasteiger partial charge in [-0.25, -0.2) is 0 Å². The smallest absolute Gasteiger partial charge is 0.493 e. The van der Waals surface area contributed by atoms with Crippen LogP contribution in [0.25, 0.3) is 0 Å². The van der Waals surface area contributed by atoms with Gasteiger partial charge in [0.2, 0.25) is 0 Å². The van der Waals surface area contributed by atoms with Crippen LogP contribution in [-0.4, -0.2) is 23.0 Å². The minimum atomic E-state index is -3.31. The largest absolute Gasteiger partial charge is 0.725 e. The fraction of sp³-hybridized carbons (Fsp3) is 0.250. The predicted octanol–water partition coefficient (Wildman–Crippen LogP) is 2.01. The van der Waals surface area contributed by atoms with Crippen molar-refractivity contribution in [3.8, 4) is 49.1 Å². The zero-order valence-electron chi connectivity index (χ0n) is 12.4. The molecular weight excluding hydrogens is 300 g/mol. The highest BCUT2D eigenvalue weighted by Gasteiger charge is 2.48. The Morgan fingerprint density at radius 3 is 1.91 bits per heavy atom. The molecule has 0 unspecified atom stereocenters. The molecule has 0 spiro atoms. The molecule has 0 radical (unpaired) electrons.